The van der Waals surface area contributed by atoms with Crippen LogP contribution in [0.2, 0.25) is 0 Å². The molecular formula is C6H12N2. The zero-order valence-corrected chi connectivity index (χ0v) is 5.44. The Balaban J connectivity index is 2.43. The summed E-state index contributed by atoms with van der Waals surface area (Å²) in [7, 11) is 0. The Kier molecular flexibility index (Phi) is 1.03. The zero-order chi connectivity index (χ0) is 6.20. The summed E-state index contributed by atoms with van der Waals surface area (Å²) in [5, 5.41) is 3.61. The third kappa shape index (κ3) is 0.831. The number of nitrogens with two attached hydrogens (primary N) is 1. The molecule has 0 aromatic rings. The summed E-state index contributed by atoms with van der Waals surface area (Å²) in [5.74, 6) is 5.04. The first kappa shape index (κ1) is 5.60. The van der Waals surface area contributed by atoms with Crippen LogP contribution in [0.3, 0.4) is 0 Å². The van der Waals surface area contributed by atoms with Gasteiger partial charge in [-0.15, -0.1) is 0 Å². The molecule has 2 N–H and O–H groups in total. The molecule has 1 fully saturated rings. The predicted molar refractivity (Wildman–Crippen MR) is 34.6 cm³/mol. The summed E-state index contributed by atoms with van der Waals surface area (Å²) < 4.78 is 0. The highest BCUT2D eigenvalue weighted by Crippen LogP contribution is 2.36. The van der Waals surface area contributed by atoms with Gasteiger partial charge in [-0.25, -0.2) is 0 Å². The highest BCUT2D eigenvalue weighted by molar-refractivity contribution is 5.90. The van der Waals surface area contributed by atoms with Gasteiger partial charge >= 0.3 is 0 Å². The Morgan fingerprint density at radius 2 is 2.00 bits per heavy atom. The van der Waals surface area contributed by atoms with Gasteiger partial charge in [0.05, 0.1) is 0 Å². The largest absolute Gasteiger partial charge is 0.323 e. The molecule has 0 aliphatic heterocycles. The molecule has 1 aliphatic rings. The minimum atomic E-state index is 0.484. The maximum Gasteiger partial charge on any atom is 0.0386 e. The molecule has 0 amide bonds. The summed E-state index contributed by atoms with van der Waals surface area (Å²) in [5.41, 5.74) is 1.65. The van der Waals surface area contributed by atoms with Gasteiger partial charge in [0.15, 0.2) is 0 Å². The minimum absolute atomic E-state index is 0.484. The number of nitrogens with zero attached hydrogens (tertiary/aromatic N) is 1. The lowest BCUT2D eigenvalue weighted by molar-refractivity contribution is 0.339. The van der Waals surface area contributed by atoms with E-state index in [1.54, 1.807) is 0 Å². The molecule has 2 heteroatoms. The van der Waals surface area contributed by atoms with Crippen molar-refractivity contribution < 1.29 is 0 Å². The summed E-state index contributed by atoms with van der Waals surface area (Å²) in [6, 6.07) is 0. The topological polar surface area (TPSA) is 38.4 Å². The number of hydrogen-bond donors (Lipinski definition) is 1. The van der Waals surface area contributed by atoms with Crippen LogP contribution in [0.1, 0.15) is 26.7 Å². The molecule has 8 heavy (non-hydrogen) atoms. The molecule has 1 saturated carbocycles. The second-order valence-corrected chi connectivity index (χ2v) is 3.21. The third-order valence-corrected chi connectivity index (χ3v) is 1.55. The van der Waals surface area contributed by atoms with Gasteiger partial charge in [-0.1, -0.05) is 13.8 Å². The molecule has 0 radical (unpaired) electrons. The molecule has 46 valence electrons. The van der Waals surface area contributed by atoms with Crippen LogP contribution in [0.4, 0.5) is 0 Å². The molecule has 2 nitrogen and oxygen atoms in total. The maximum atomic E-state index is 5.04. The van der Waals surface area contributed by atoms with Crippen molar-refractivity contribution in [3.05, 3.63) is 0 Å². The van der Waals surface area contributed by atoms with Crippen molar-refractivity contribution in [2.45, 2.75) is 26.7 Å². The second kappa shape index (κ2) is 1.47. The standard InChI is InChI=1S/C6H12N2/c1-6(2)3-5(4-6)8-7/h3-4,7H2,1-2H3. The SMILES string of the molecule is CC1(C)CC(=NN)C1. The van der Waals surface area contributed by atoms with Crippen molar-refractivity contribution in [3.63, 3.8) is 0 Å². The van der Waals surface area contributed by atoms with Gasteiger partial charge in [-0.3, -0.25) is 0 Å². The van der Waals surface area contributed by atoms with E-state index in [0.29, 0.717) is 5.41 Å². The van der Waals surface area contributed by atoms with Crippen molar-refractivity contribution in [1.82, 2.24) is 0 Å². The van der Waals surface area contributed by atoms with Gasteiger partial charge in [0.2, 0.25) is 0 Å². The molecule has 0 aromatic carbocycles. The van der Waals surface area contributed by atoms with E-state index in [1.807, 2.05) is 0 Å². The number of hydrazone groups is 1. The molecule has 0 atom stereocenters. The first-order valence-corrected chi connectivity index (χ1v) is 2.90. The van der Waals surface area contributed by atoms with Crippen molar-refractivity contribution >= 4 is 5.71 Å². The van der Waals surface area contributed by atoms with E-state index >= 15 is 0 Å². The van der Waals surface area contributed by atoms with E-state index in [2.05, 4.69) is 18.9 Å². The molecule has 0 bridgehead atoms. The molecule has 0 saturated heterocycles. The first-order chi connectivity index (χ1) is 3.64. The summed E-state index contributed by atoms with van der Waals surface area (Å²) in [4.78, 5) is 0. The third-order valence-electron chi connectivity index (χ3n) is 1.55. The van der Waals surface area contributed by atoms with E-state index in [0.717, 1.165) is 18.6 Å². The first-order valence-electron chi connectivity index (χ1n) is 2.90. The molecule has 0 heterocycles. The number of hydrogen-bond acceptors (Lipinski definition) is 2. The van der Waals surface area contributed by atoms with Crippen molar-refractivity contribution in [2.75, 3.05) is 0 Å². The molecular weight excluding hydrogens is 100 g/mol. The van der Waals surface area contributed by atoms with E-state index in [-0.39, 0.29) is 0 Å². The highest BCUT2D eigenvalue weighted by atomic mass is 15.1. The summed E-state index contributed by atoms with van der Waals surface area (Å²) in [6.07, 6.45) is 2.17. The normalized spacial score (nSPS) is 24.5. The van der Waals surface area contributed by atoms with Gasteiger partial charge in [0.1, 0.15) is 0 Å². The van der Waals surface area contributed by atoms with Crippen LogP contribution >= 0.6 is 0 Å². The Bertz CT molecular complexity index is 114. The van der Waals surface area contributed by atoms with Crippen molar-refractivity contribution in [3.8, 4) is 0 Å². The van der Waals surface area contributed by atoms with Crippen LogP contribution in [-0.2, 0) is 0 Å². The zero-order valence-electron chi connectivity index (χ0n) is 5.44. The van der Waals surface area contributed by atoms with Gasteiger partial charge < -0.3 is 5.84 Å². The lowest BCUT2D eigenvalue weighted by Gasteiger charge is -2.35. The van der Waals surface area contributed by atoms with E-state index in [1.165, 1.54) is 0 Å². The van der Waals surface area contributed by atoms with Crippen molar-refractivity contribution in [2.24, 2.45) is 16.4 Å². The van der Waals surface area contributed by atoms with Crippen LogP contribution in [0.25, 0.3) is 0 Å². The molecule has 0 aromatic heterocycles. The maximum absolute atomic E-state index is 5.04. The average molecular weight is 112 g/mol. The summed E-state index contributed by atoms with van der Waals surface area (Å²) >= 11 is 0. The predicted octanol–water partition coefficient (Wildman–Crippen LogP) is 1.12. The van der Waals surface area contributed by atoms with E-state index < -0.39 is 0 Å². The number of rotatable bonds is 0. The Morgan fingerprint density at radius 1 is 1.50 bits per heavy atom. The van der Waals surface area contributed by atoms with Gasteiger partial charge in [0, 0.05) is 5.71 Å². The van der Waals surface area contributed by atoms with Crippen molar-refractivity contribution in [1.29, 1.82) is 0 Å². The Labute approximate surface area is 49.8 Å². The van der Waals surface area contributed by atoms with Crippen LogP contribution in [0.5, 0.6) is 0 Å². The van der Waals surface area contributed by atoms with Crippen LogP contribution in [-0.4, -0.2) is 5.71 Å². The van der Waals surface area contributed by atoms with Crippen LogP contribution in [0, 0.1) is 5.41 Å². The molecule has 1 aliphatic carbocycles. The Hall–Kier alpha value is -0.530. The summed E-state index contributed by atoms with van der Waals surface area (Å²) in [6.45, 7) is 4.45. The smallest absolute Gasteiger partial charge is 0.0386 e. The average Bonchev–Trinajstić information content (AvgIpc) is 1.60. The van der Waals surface area contributed by atoms with E-state index in [4.69, 9.17) is 5.84 Å². The molecule has 0 unspecified atom stereocenters. The lowest BCUT2D eigenvalue weighted by Crippen LogP contribution is -2.32. The minimum Gasteiger partial charge on any atom is -0.323 e. The van der Waals surface area contributed by atoms with Crippen LogP contribution < -0.4 is 5.84 Å². The molecule has 0 spiro atoms. The fraction of sp³-hybridized carbons (Fsp3) is 0.833. The fourth-order valence-corrected chi connectivity index (χ4v) is 1.14. The van der Waals surface area contributed by atoms with Gasteiger partial charge in [-0.05, 0) is 18.3 Å². The van der Waals surface area contributed by atoms with Gasteiger partial charge in [-0.2, -0.15) is 5.10 Å². The monoisotopic (exact) mass is 112 g/mol. The molecule has 1 rings (SSSR count). The Morgan fingerprint density at radius 3 is 2.12 bits per heavy atom. The lowest BCUT2D eigenvalue weighted by atomic mass is 9.71. The van der Waals surface area contributed by atoms with Crippen LogP contribution in [0.15, 0.2) is 5.10 Å². The highest BCUT2D eigenvalue weighted by Gasteiger charge is 2.32. The van der Waals surface area contributed by atoms with Gasteiger partial charge in [0.25, 0.3) is 0 Å². The second-order valence-electron chi connectivity index (χ2n) is 3.21. The quantitative estimate of drug-likeness (QED) is 0.370. The fourth-order valence-electron chi connectivity index (χ4n) is 1.14. The van der Waals surface area contributed by atoms with E-state index in [9.17, 15) is 0 Å².